The molecule has 0 spiro atoms. The Balaban J connectivity index is 3.41. The average molecular weight is 272 g/mol. The highest BCUT2D eigenvalue weighted by molar-refractivity contribution is 5.73. The fourth-order valence-electron chi connectivity index (χ4n) is 1.60. The molecule has 0 heterocycles. The van der Waals surface area contributed by atoms with Crippen LogP contribution in [0.15, 0.2) is 12.1 Å². The summed E-state index contributed by atoms with van der Waals surface area (Å²) in [5.41, 5.74) is 4.14. The van der Waals surface area contributed by atoms with Crippen LogP contribution < -0.4 is 5.73 Å². The lowest BCUT2D eigenvalue weighted by molar-refractivity contribution is -0.141. The predicted octanol–water partition coefficient (Wildman–Crippen LogP) is 1.75. The monoisotopic (exact) mass is 272 g/mol. The number of rotatable bonds is 3. The second-order valence-corrected chi connectivity index (χ2v) is 3.73. The van der Waals surface area contributed by atoms with E-state index in [4.69, 9.17) is 11.0 Å². The van der Waals surface area contributed by atoms with Gasteiger partial charge in [-0.05, 0) is 23.3 Å². The van der Waals surface area contributed by atoms with Crippen molar-refractivity contribution in [2.24, 2.45) is 5.73 Å². The Kier molecular flexibility index (Phi) is 4.51. The minimum atomic E-state index is -4.62. The highest BCUT2D eigenvalue weighted by Crippen LogP contribution is 2.34. The third-order valence-electron chi connectivity index (χ3n) is 2.54. The number of nitriles is 1. The molecule has 0 saturated carbocycles. The Morgan fingerprint density at radius 3 is 2.47 bits per heavy atom. The topological polar surface area (TPSA) is 76.1 Å². The van der Waals surface area contributed by atoms with Gasteiger partial charge in [-0.1, -0.05) is 0 Å². The summed E-state index contributed by atoms with van der Waals surface area (Å²) in [7, 11) is 1.08. The van der Waals surface area contributed by atoms with Crippen molar-refractivity contribution >= 4 is 5.97 Å². The first kappa shape index (κ1) is 15.0. The first-order valence-electron chi connectivity index (χ1n) is 5.23. The van der Waals surface area contributed by atoms with Crippen LogP contribution in [0.2, 0.25) is 0 Å². The standard InChI is InChI=1S/C12H11F3N2O2/c1-19-11(18)4-7-2-8(5-16)9(6-17)3-10(7)12(13,14)15/h2-3H,4,6,17H2,1H3. The summed E-state index contributed by atoms with van der Waals surface area (Å²) in [5.74, 6) is -0.810. The Bertz CT molecular complexity index is 533. The second-order valence-electron chi connectivity index (χ2n) is 3.73. The molecule has 0 radical (unpaired) electrons. The minimum absolute atomic E-state index is 0.0226. The van der Waals surface area contributed by atoms with Crippen LogP contribution in [-0.4, -0.2) is 13.1 Å². The van der Waals surface area contributed by atoms with E-state index in [1.54, 1.807) is 6.07 Å². The van der Waals surface area contributed by atoms with Crippen LogP contribution in [0.1, 0.15) is 22.3 Å². The number of carbonyl (C=O) groups excluding carboxylic acids is 1. The van der Waals surface area contributed by atoms with E-state index in [0.29, 0.717) is 0 Å². The number of halogens is 3. The largest absolute Gasteiger partial charge is 0.469 e. The number of alkyl halides is 3. The predicted molar refractivity (Wildman–Crippen MR) is 59.8 cm³/mol. The quantitative estimate of drug-likeness (QED) is 0.850. The molecule has 0 atom stereocenters. The van der Waals surface area contributed by atoms with Gasteiger partial charge < -0.3 is 10.5 Å². The van der Waals surface area contributed by atoms with Crippen LogP contribution in [0.5, 0.6) is 0 Å². The lowest BCUT2D eigenvalue weighted by atomic mass is 9.96. The number of methoxy groups -OCH3 is 1. The summed E-state index contributed by atoms with van der Waals surface area (Å²) in [6.07, 6.45) is -5.17. The van der Waals surface area contributed by atoms with Crippen LogP contribution in [0, 0.1) is 11.3 Å². The van der Waals surface area contributed by atoms with Crippen molar-refractivity contribution < 1.29 is 22.7 Å². The highest BCUT2D eigenvalue weighted by Gasteiger charge is 2.34. The summed E-state index contributed by atoms with van der Waals surface area (Å²) in [6.45, 7) is -0.190. The number of benzene rings is 1. The number of nitrogens with zero attached hydrogens (tertiary/aromatic N) is 1. The number of esters is 1. The van der Waals surface area contributed by atoms with Gasteiger partial charge in [-0.15, -0.1) is 0 Å². The average Bonchev–Trinajstić information content (AvgIpc) is 2.36. The number of carbonyl (C=O) groups is 1. The van der Waals surface area contributed by atoms with Gasteiger partial charge in [0.05, 0.1) is 30.7 Å². The second kappa shape index (κ2) is 5.71. The number of ether oxygens (including phenoxy) is 1. The molecule has 0 unspecified atom stereocenters. The number of hydrogen-bond donors (Lipinski definition) is 1. The van der Waals surface area contributed by atoms with E-state index in [-0.39, 0.29) is 23.2 Å². The van der Waals surface area contributed by atoms with Crippen molar-refractivity contribution in [2.45, 2.75) is 19.1 Å². The smallest absolute Gasteiger partial charge is 0.416 e. The van der Waals surface area contributed by atoms with E-state index in [1.807, 2.05) is 0 Å². The molecule has 0 fully saturated rings. The van der Waals surface area contributed by atoms with Gasteiger partial charge in [0, 0.05) is 6.54 Å². The third kappa shape index (κ3) is 3.45. The molecule has 0 aliphatic carbocycles. The van der Waals surface area contributed by atoms with Crippen molar-refractivity contribution in [1.29, 1.82) is 5.26 Å². The zero-order valence-electron chi connectivity index (χ0n) is 10.0. The summed E-state index contributed by atoms with van der Waals surface area (Å²) in [4.78, 5) is 11.1. The van der Waals surface area contributed by atoms with E-state index >= 15 is 0 Å². The van der Waals surface area contributed by atoms with Crippen LogP contribution in [0.25, 0.3) is 0 Å². The van der Waals surface area contributed by atoms with E-state index < -0.39 is 24.1 Å². The molecule has 102 valence electrons. The van der Waals surface area contributed by atoms with Gasteiger partial charge in [-0.3, -0.25) is 4.79 Å². The number of nitrogens with two attached hydrogens (primary N) is 1. The van der Waals surface area contributed by atoms with E-state index in [1.165, 1.54) is 0 Å². The maximum atomic E-state index is 12.9. The van der Waals surface area contributed by atoms with Gasteiger partial charge in [-0.2, -0.15) is 18.4 Å². The fourth-order valence-corrected chi connectivity index (χ4v) is 1.60. The molecule has 0 aliphatic heterocycles. The van der Waals surface area contributed by atoms with Crippen molar-refractivity contribution in [3.05, 3.63) is 34.4 Å². The molecule has 1 aromatic rings. The molecular weight excluding hydrogens is 261 g/mol. The first-order valence-corrected chi connectivity index (χ1v) is 5.23. The van der Waals surface area contributed by atoms with Gasteiger partial charge in [0.15, 0.2) is 0 Å². The van der Waals surface area contributed by atoms with Gasteiger partial charge in [-0.25, -0.2) is 0 Å². The Hall–Kier alpha value is -2.07. The summed E-state index contributed by atoms with van der Waals surface area (Å²) < 4.78 is 43.0. The molecule has 1 rings (SSSR count). The summed E-state index contributed by atoms with van der Waals surface area (Å²) in [6, 6.07) is 3.59. The molecule has 1 aromatic carbocycles. The molecule has 0 saturated heterocycles. The van der Waals surface area contributed by atoms with Crippen molar-refractivity contribution in [3.8, 4) is 6.07 Å². The molecule has 0 aromatic heterocycles. The molecule has 0 bridgehead atoms. The molecule has 0 aliphatic rings. The normalized spacial score (nSPS) is 10.9. The molecular formula is C12H11F3N2O2. The number of hydrogen-bond acceptors (Lipinski definition) is 4. The highest BCUT2D eigenvalue weighted by atomic mass is 19.4. The maximum absolute atomic E-state index is 12.9. The van der Waals surface area contributed by atoms with Crippen molar-refractivity contribution in [1.82, 2.24) is 0 Å². The third-order valence-corrected chi connectivity index (χ3v) is 2.54. The van der Waals surface area contributed by atoms with E-state index in [9.17, 15) is 18.0 Å². The molecule has 4 nitrogen and oxygen atoms in total. The summed E-state index contributed by atoms with van der Waals surface area (Å²) >= 11 is 0. The SMILES string of the molecule is COC(=O)Cc1cc(C#N)c(CN)cc1C(F)(F)F. The Labute approximate surface area is 107 Å². The molecule has 0 amide bonds. The lowest BCUT2D eigenvalue weighted by Gasteiger charge is -2.14. The van der Waals surface area contributed by atoms with Crippen LogP contribution in [0.4, 0.5) is 13.2 Å². The van der Waals surface area contributed by atoms with E-state index in [2.05, 4.69) is 4.74 Å². The Morgan fingerprint density at radius 1 is 1.42 bits per heavy atom. The fraction of sp³-hybridized carbons (Fsp3) is 0.333. The van der Waals surface area contributed by atoms with Gasteiger partial charge in [0.1, 0.15) is 0 Å². The zero-order valence-corrected chi connectivity index (χ0v) is 10.0. The maximum Gasteiger partial charge on any atom is 0.416 e. The van der Waals surface area contributed by atoms with Gasteiger partial charge in [0.2, 0.25) is 0 Å². The van der Waals surface area contributed by atoms with Crippen LogP contribution >= 0.6 is 0 Å². The summed E-state index contributed by atoms with van der Waals surface area (Å²) in [5, 5.41) is 8.86. The van der Waals surface area contributed by atoms with E-state index in [0.717, 1.165) is 19.2 Å². The molecule has 7 heteroatoms. The lowest BCUT2D eigenvalue weighted by Crippen LogP contribution is -2.15. The molecule has 2 N–H and O–H groups in total. The van der Waals surface area contributed by atoms with Crippen LogP contribution in [0.3, 0.4) is 0 Å². The minimum Gasteiger partial charge on any atom is -0.469 e. The van der Waals surface area contributed by atoms with Gasteiger partial charge >= 0.3 is 12.1 Å². The van der Waals surface area contributed by atoms with Gasteiger partial charge in [0.25, 0.3) is 0 Å². The van der Waals surface area contributed by atoms with Crippen molar-refractivity contribution in [3.63, 3.8) is 0 Å². The van der Waals surface area contributed by atoms with Crippen LogP contribution in [-0.2, 0) is 28.7 Å². The van der Waals surface area contributed by atoms with Crippen molar-refractivity contribution in [2.75, 3.05) is 7.11 Å². The zero-order chi connectivity index (χ0) is 14.6. The first-order chi connectivity index (χ1) is 8.83. The Morgan fingerprint density at radius 2 is 2.05 bits per heavy atom. The molecule has 19 heavy (non-hydrogen) atoms.